The number of hydrogen-bond acceptors (Lipinski definition) is 3. The Morgan fingerprint density at radius 3 is 2.48 bits per heavy atom. The van der Waals surface area contributed by atoms with E-state index < -0.39 is 0 Å². The first-order valence-corrected chi connectivity index (χ1v) is 7.95. The molecule has 0 radical (unpaired) electrons. The SMILES string of the molecule is Cc1ccc(OCC(=O)N2CCCN(C)c3ccccc32)cc1. The van der Waals surface area contributed by atoms with Crippen molar-refractivity contribution in [2.24, 2.45) is 0 Å². The highest BCUT2D eigenvalue weighted by molar-refractivity contribution is 5.98. The van der Waals surface area contributed by atoms with Crippen LogP contribution in [-0.2, 0) is 4.79 Å². The molecule has 2 aromatic carbocycles. The Labute approximate surface area is 137 Å². The van der Waals surface area contributed by atoms with Crippen LogP contribution in [0.15, 0.2) is 48.5 Å². The Hall–Kier alpha value is -2.49. The number of hydrogen-bond donors (Lipinski definition) is 0. The molecule has 0 aliphatic carbocycles. The molecule has 0 atom stereocenters. The molecule has 0 N–H and O–H groups in total. The van der Waals surface area contributed by atoms with Crippen LogP contribution in [0.5, 0.6) is 5.75 Å². The Morgan fingerprint density at radius 1 is 1.04 bits per heavy atom. The average Bonchev–Trinajstić information content (AvgIpc) is 2.74. The molecule has 4 heteroatoms. The van der Waals surface area contributed by atoms with Crippen molar-refractivity contribution in [3.8, 4) is 5.75 Å². The highest BCUT2D eigenvalue weighted by Crippen LogP contribution is 2.31. The molecule has 0 spiro atoms. The van der Waals surface area contributed by atoms with Gasteiger partial charge in [-0.2, -0.15) is 0 Å². The maximum Gasteiger partial charge on any atom is 0.264 e. The molecule has 0 aromatic heterocycles. The summed E-state index contributed by atoms with van der Waals surface area (Å²) < 4.78 is 5.65. The third-order valence-corrected chi connectivity index (χ3v) is 4.14. The number of nitrogens with zero attached hydrogens (tertiary/aromatic N) is 2. The lowest BCUT2D eigenvalue weighted by Crippen LogP contribution is -2.35. The standard InChI is InChI=1S/C19H22N2O2/c1-15-8-10-16(11-9-15)23-14-19(22)21-13-5-12-20(2)17-6-3-4-7-18(17)21/h3-4,6-11H,5,12-14H2,1-2H3. The van der Waals surface area contributed by atoms with E-state index in [0.717, 1.165) is 36.6 Å². The van der Waals surface area contributed by atoms with Crippen LogP contribution in [-0.4, -0.2) is 32.7 Å². The van der Waals surface area contributed by atoms with E-state index in [1.54, 1.807) is 0 Å². The van der Waals surface area contributed by atoms with Crippen molar-refractivity contribution in [3.63, 3.8) is 0 Å². The van der Waals surface area contributed by atoms with Crippen LogP contribution in [0.3, 0.4) is 0 Å². The summed E-state index contributed by atoms with van der Waals surface area (Å²) in [6, 6.07) is 15.8. The quantitative estimate of drug-likeness (QED) is 0.872. The molecule has 0 fully saturated rings. The molecule has 0 saturated heterocycles. The minimum atomic E-state index is -0.00618. The van der Waals surface area contributed by atoms with Crippen LogP contribution in [0.25, 0.3) is 0 Å². The van der Waals surface area contributed by atoms with Gasteiger partial charge < -0.3 is 14.5 Å². The predicted octanol–water partition coefficient (Wildman–Crippen LogP) is 3.25. The van der Waals surface area contributed by atoms with Crippen molar-refractivity contribution < 1.29 is 9.53 Å². The van der Waals surface area contributed by atoms with Gasteiger partial charge in [-0.25, -0.2) is 0 Å². The number of ether oxygens (including phenoxy) is 1. The molecule has 0 saturated carbocycles. The summed E-state index contributed by atoms with van der Waals surface area (Å²) in [5, 5.41) is 0. The van der Waals surface area contributed by atoms with Gasteiger partial charge in [-0.15, -0.1) is 0 Å². The number of para-hydroxylation sites is 2. The number of fused-ring (bicyclic) bond motifs is 1. The number of aryl methyl sites for hydroxylation is 1. The van der Waals surface area contributed by atoms with Crippen molar-refractivity contribution in [3.05, 3.63) is 54.1 Å². The summed E-state index contributed by atoms with van der Waals surface area (Å²) in [5.41, 5.74) is 3.23. The molecule has 1 heterocycles. The summed E-state index contributed by atoms with van der Waals surface area (Å²) in [4.78, 5) is 16.7. The van der Waals surface area contributed by atoms with Crippen molar-refractivity contribution in [2.75, 3.05) is 36.5 Å². The molecular formula is C19H22N2O2. The van der Waals surface area contributed by atoms with Gasteiger partial charge in [0.2, 0.25) is 0 Å². The number of carbonyl (C=O) groups is 1. The number of carbonyl (C=O) groups excluding carboxylic acids is 1. The molecule has 120 valence electrons. The maximum absolute atomic E-state index is 12.6. The highest BCUT2D eigenvalue weighted by Gasteiger charge is 2.23. The topological polar surface area (TPSA) is 32.8 Å². The van der Waals surface area contributed by atoms with Gasteiger partial charge in [0.25, 0.3) is 5.91 Å². The Balaban J connectivity index is 1.73. The fourth-order valence-corrected chi connectivity index (χ4v) is 2.84. The first kappa shape index (κ1) is 15.4. The highest BCUT2D eigenvalue weighted by atomic mass is 16.5. The Kier molecular flexibility index (Phi) is 4.51. The smallest absolute Gasteiger partial charge is 0.264 e. The second-order valence-electron chi connectivity index (χ2n) is 5.91. The summed E-state index contributed by atoms with van der Waals surface area (Å²) in [6.07, 6.45) is 0.946. The largest absolute Gasteiger partial charge is 0.484 e. The lowest BCUT2D eigenvalue weighted by atomic mass is 10.2. The minimum absolute atomic E-state index is 0.00618. The normalized spacial score (nSPS) is 14.2. The van der Waals surface area contributed by atoms with Gasteiger partial charge in [-0.3, -0.25) is 4.79 Å². The second kappa shape index (κ2) is 6.73. The van der Waals surface area contributed by atoms with Crippen molar-refractivity contribution in [1.82, 2.24) is 0 Å². The van der Waals surface area contributed by atoms with Crippen molar-refractivity contribution >= 4 is 17.3 Å². The fourth-order valence-electron chi connectivity index (χ4n) is 2.84. The third kappa shape index (κ3) is 3.47. The van der Waals surface area contributed by atoms with Crippen LogP contribution in [0.1, 0.15) is 12.0 Å². The average molecular weight is 310 g/mol. The van der Waals surface area contributed by atoms with Crippen LogP contribution in [0.4, 0.5) is 11.4 Å². The molecule has 2 aromatic rings. The zero-order valence-electron chi connectivity index (χ0n) is 13.7. The van der Waals surface area contributed by atoms with Crippen molar-refractivity contribution in [1.29, 1.82) is 0 Å². The molecule has 0 unspecified atom stereocenters. The van der Waals surface area contributed by atoms with Gasteiger partial charge in [0.15, 0.2) is 6.61 Å². The predicted molar refractivity (Wildman–Crippen MR) is 93.4 cm³/mol. The monoisotopic (exact) mass is 310 g/mol. The first-order valence-electron chi connectivity index (χ1n) is 7.95. The minimum Gasteiger partial charge on any atom is -0.484 e. The van der Waals surface area contributed by atoms with E-state index in [4.69, 9.17) is 4.74 Å². The van der Waals surface area contributed by atoms with Gasteiger partial charge in [-0.1, -0.05) is 29.8 Å². The molecule has 1 aliphatic rings. The van der Waals surface area contributed by atoms with E-state index in [1.807, 2.05) is 54.3 Å². The van der Waals surface area contributed by atoms with Gasteiger partial charge in [0.1, 0.15) is 5.75 Å². The zero-order chi connectivity index (χ0) is 16.2. The van der Waals surface area contributed by atoms with E-state index in [2.05, 4.69) is 18.0 Å². The molecule has 1 amide bonds. The number of benzene rings is 2. The lowest BCUT2D eigenvalue weighted by molar-refractivity contribution is -0.120. The molecule has 1 aliphatic heterocycles. The zero-order valence-corrected chi connectivity index (χ0v) is 13.7. The van der Waals surface area contributed by atoms with Crippen LogP contribution in [0.2, 0.25) is 0 Å². The first-order chi connectivity index (χ1) is 11.1. The second-order valence-corrected chi connectivity index (χ2v) is 5.91. The van der Waals surface area contributed by atoms with E-state index in [1.165, 1.54) is 5.56 Å². The molecule has 4 nitrogen and oxygen atoms in total. The van der Waals surface area contributed by atoms with Crippen molar-refractivity contribution in [2.45, 2.75) is 13.3 Å². The summed E-state index contributed by atoms with van der Waals surface area (Å²) in [6.45, 7) is 3.75. The summed E-state index contributed by atoms with van der Waals surface area (Å²) in [7, 11) is 2.07. The fraction of sp³-hybridized carbons (Fsp3) is 0.316. The summed E-state index contributed by atoms with van der Waals surface area (Å²) in [5.74, 6) is 0.720. The van der Waals surface area contributed by atoms with Gasteiger partial charge in [-0.05, 0) is 37.6 Å². The van der Waals surface area contributed by atoms with Crippen LogP contribution >= 0.6 is 0 Å². The Morgan fingerprint density at radius 2 is 1.74 bits per heavy atom. The van der Waals surface area contributed by atoms with Gasteiger partial charge in [0, 0.05) is 20.1 Å². The molecule has 23 heavy (non-hydrogen) atoms. The lowest BCUT2D eigenvalue weighted by Gasteiger charge is -2.24. The molecular weight excluding hydrogens is 288 g/mol. The number of amides is 1. The van der Waals surface area contributed by atoms with E-state index in [0.29, 0.717) is 0 Å². The number of anilines is 2. The number of rotatable bonds is 3. The Bertz CT molecular complexity index is 682. The van der Waals surface area contributed by atoms with E-state index >= 15 is 0 Å². The molecule has 0 bridgehead atoms. The van der Waals surface area contributed by atoms with Crippen LogP contribution < -0.4 is 14.5 Å². The van der Waals surface area contributed by atoms with Gasteiger partial charge in [0.05, 0.1) is 11.4 Å². The maximum atomic E-state index is 12.6. The van der Waals surface area contributed by atoms with E-state index in [9.17, 15) is 4.79 Å². The summed E-state index contributed by atoms with van der Waals surface area (Å²) >= 11 is 0. The van der Waals surface area contributed by atoms with Crippen LogP contribution in [0, 0.1) is 6.92 Å². The third-order valence-electron chi connectivity index (χ3n) is 4.14. The van der Waals surface area contributed by atoms with Gasteiger partial charge >= 0.3 is 0 Å². The molecule has 3 rings (SSSR count). The van der Waals surface area contributed by atoms with E-state index in [-0.39, 0.29) is 12.5 Å².